The molecule has 1 fully saturated rings. The number of piperazine rings is 1. The van der Waals surface area contributed by atoms with E-state index in [0.717, 1.165) is 31.9 Å². The summed E-state index contributed by atoms with van der Waals surface area (Å²) in [6, 6.07) is 8.07. The number of nitrogens with one attached hydrogen (secondary N) is 1. The molecule has 21 heavy (non-hydrogen) atoms. The van der Waals surface area contributed by atoms with Gasteiger partial charge in [0.15, 0.2) is 5.88 Å². The number of hydrogen-bond donors (Lipinski definition) is 2. The van der Waals surface area contributed by atoms with Gasteiger partial charge in [0.05, 0.1) is 0 Å². The van der Waals surface area contributed by atoms with Crippen molar-refractivity contribution in [3.63, 3.8) is 0 Å². The molecule has 1 saturated heterocycles. The second kappa shape index (κ2) is 6.64. The summed E-state index contributed by atoms with van der Waals surface area (Å²) in [5, 5.41) is 2.55. The number of nitrogens with zero attached hydrogens (tertiary/aromatic N) is 2. The predicted octanol–water partition coefficient (Wildman–Crippen LogP) is 1.64. The molecule has 0 saturated carbocycles. The molecule has 1 aliphatic rings. The zero-order chi connectivity index (χ0) is 15.5. The normalized spacial score (nSPS) is 17.2. The molecule has 7 heteroatoms. The molecule has 0 amide bonds. The van der Waals surface area contributed by atoms with E-state index in [-0.39, 0.29) is 0 Å². The summed E-state index contributed by atoms with van der Waals surface area (Å²) in [4.78, 5) is 4.77. The fourth-order valence-electron chi connectivity index (χ4n) is 2.41. The van der Waals surface area contributed by atoms with Gasteiger partial charge in [-0.3, -0.25) is 9.45 Å². The smallest absolute Gasteiger partial charge is 0.289 e. The van der Waals surface area contributed by atoms with Gasteiger partial charge in [0, 0.05) is 43.6 Å². The van der Waals surface area contributed by atoms with Gasteiger partial charge in [-0.1, -0.05) is 0 Å². The van der Waals surface area contributed by atoms with Crippen LogP contribution >= 0.6 is 0 Å². The number of anilines is 2. The summed E-state index contributed by atoms with van der Waals surface area (Å²) in [6.45, 7) is 8.50. The van der Waals surface area contributed by atoms with Crippen LogP contribution < -0.4 is 10.2 Å². The molecule has 1 heterocycles. The summed E-state index contributed by atoms with van der Waals surface area (Å²) in [6.07, 6.45) is 0. The summed E-state index contributed by atoms with van der Waals surface area (Å²) in [5.74, 6) is 0.670. The first-order chi connectivity index (χ1) is 9.85. The van der Waals surface area contributed by atoms with Crippen LogP contribution in [0.1, 0.15) is 13.8 Å². The third kappa shape index (κ3) is 4.87. The maximum absolute atomic E-state index is 10.6. The molecule has 2 N–H and O–H groups in total. The molecule has 0 aliphatic carbocycles. The molecule has 2 rings (SSSR count). The van der Waals surface area contributed by atoms with Crippen LogP contribution in [0.5, 0.6) is 0 Å². The minimum atomic E-state index is -4.12. The van der Waals surface area contributed by atoms with Gasteiger partial charge in [-0.25, -0.2) is 0 Å². The van der Waals surface area contributed by atoms with Crippen LogP contribution in [-0.4, -0.2) is 50.1 Å². The quantitative estimate of drug-likeness (QED) is 0.805. The van der Waals surface area contributed by atoms with Crippen molar-refractivity contribution in [3.8, 4) is 0 Å². The van der Waals surface area contributed by atoms with Crippen LogP contribution in [0.25, 0.3) is 0 Å². The summed E-state index contributed by atoms with van der Waals surface area (Å²) < 4.78 is 29.9. The van der Waals surface area contributed by atoms with E-state index in [0.29, 0.717) is 17.6 Å². The lowest BCUT2D eigenvalue weighted by Gasteiger charge is -2.38. The van der Waals surface area contributed by atoms with Crippen LogP contribution in [0.2, 0.25) is 0 Å². The Balaban J connectivity index is 1.91. The Labute approximate surface area is 126 Å². The van der Waals surface area contributed by atoms with E-state index < -0.39 is 10.1 Å². The van der Waals surface area contributed by atoms with Crippen molar-refractivity contribution in [2.45, 2.75) is 19.9 Å². The highest BCUT2D eigenvalue weighted by Crippen LogP contribution is 2.20. The second-order valence-corrected chi connectivity index (χ2v) is 6.71. The minimum absolute atomic E-state index is 0.578. The third-order valence-corrected chi connectivity index (χ3v) is 4.07. The first kappa shape index (κ1) is 16.1. The molecule has 117 valence electrons. The Morgan fingerprint density at radius 3 is 2.19 bits per heavy atom. The van der Waals surface area contributed by atoms with Crippen molar-refractivity contribution in [3.05, 3.63) is 30.1 Å². The minimum Gasteiger partial charge on any atom is -0.369 e. The zero-order valence-corrected chi connectivity index (χ0v) is 13.2. The molecule has 0 unspecified atom stereocenters. The van der Waals surface area contributed by atoms with Gasteiger partial charge in [-0.15, -0.1) is 0 Å². The Hall–Kier alpha value is -1.31. The van der Waals surface area contributed by atoms with Crippen LogP contribution in [0.4, 0.5) is 11.4 Å². The van der Waals surface area contributed by atoms with Crippen LogP contribution in [0.3, 0.4) is 0 Å². The average Bonchev–Trinajstić information content (AvgIpc) is 2.45. The summed E-state index contributed by atoms with van der Waals surface area (Å²) >= 11 is 0. The number of rotatable bonds is 5. The van der Waals surface area contributed by atoms with E-state index in [4.69, 9.17) is 4.55 Å². The maximum atomic E-state index is 10.6. The Morgan fingerprint density at radius 2 is 1.71 bits per heavy atom. The van der Waals surface area contributed by atoms with Crippen molar-refractivity contribution < 1.29 is 13.0 Å². The largest absolute Gasteiger partial charge is 0.369 e. The molecule has 1 radical (unpaired) electrons. The molecular weight excluding hydrogens is 290 g/mol. The molecule has 6 nitrogen and oxygen atoms in total. The molecular formula is C14H22N3O3S. The standard InChI is InChI=1S/C14H22N3O3S/c1-12(2)16-7-9-17(10-8-16)14-5-3-13(4-6-14)15-11-21(18,19)20/h3-6,11-12,15H,7-10H2,1-2H3,(H,18,19,20). The molecule has 1 aromatic carbocycles. The highest BCUT2D eigenvalue weighted by atomic mass is 32.2. The van der Waals surface area contributed by atoms with Gasteiger partial charge >= 0.3 is 0 Å². The maximum Gasteiger partial charge on any atom is 0.289 e. The fraction of sp³-hybridized carbons (Fsp3) is 0.500. The fourth-order valence-corrected chi connectivity index (χ4v) is 2.69. The van der Waals surface area contributed by atoms with Crippen LogP contribution in [0.15, 0.2) is 24.3 Å². The summed E-state index contributed by atoms with van der Waals surface area (Å²) in [7, 11) is -4.12. The Bertz CT molecular complexity index is 549. The lowest BCUT2D eigenvalue weighted by molar-refractivity contribution is 0.209. The van der Waals surface area contributed by atoms with Crippen molar-refractivity contribution >= 4 is 21.5 Å². The third-order valence-electron chi connectivity index (χ3n) is 3.65. The lowest BCUT2D eigenvalue weighted by atomic mass is 10.2. The van der Waals surface area contributed by atoms with E-state index in [1.165, 1.54) is 0 Å². The lowest BCUT2D eigenvalue weighted by Crippen LogP contribution is -2.48. The van der Waals surface area contributed by atoms with Crippen molar-refractivity contribution in [1.82, 2.24) is 4.90 Å². The zero-order valence-electron chi connectivity index (χ0n) is 12.4. The van der Waals surface area contributed by atoms with Gasteiger partial charge in [0.25, 0.3) is 10.1 Å². The van der Waals surface area contributed by atoms with Crippen molar-refractivity contribution in [1.29, 1.82) is 0 Å². The molecule has 0 spiro atoms. The molecule has 1 aromatic rings. The number of benzene rings is 1. The van der Waals surface area contributed by atoms with Crippen LogP contribution in [-0.2, 0) is 10.1 Å². The van der Waals surface area contributed by atoms with Crippen molar-refractivity contribution in [2.24, 2.45) is 0 Å². The molecule has 0 atom stereocenters. The van der Waals surface area contributed by atoms with E-state index in [9.17, 15) is 8.42 Å². The van der Waals surface area contributed by atoms with Crippen LogP contribution in [0, 0.1) is 5.88 Å². The summed E-state index contributed by atoms with van der Waals surface area (Å²) in [5.41, 5.74) is 1.74. The first-order valence-corrected chi connectivity index (χ1v) is 8.52. The van der Waals surface area contributed by atoms with Gasteiger partial charge in [-0.2, -0.15) is 8.42 Å². The van der Waals surface area contributed by atoms with Gasteiger partial charge < -0.3 is 10.2 Å². The van der Waals surface area contributed by atoms with E-state index >= 15 is 0 Å². The van der Waals surface area contributed by atoms with Gasteiger partial charge in [-0.05, 0) is 38.1 Å². The van der Waals surface area contributed by atoms with E-state index in [1.807, 2.05) is 12.1 Å². The first-order valence-electron chi connectivity index (χ1n) is 7.01. The molecule has 0 aromatic heterocycles. The SMILES string of the molecule is CC(C)N1CCN(c2ccc(N[CH]S(=O)(=O)O)cc2)CC1. The van der Waals surface area contributed by atoms with E-state index in [2.05, 4.69) is 29.0 Å². The highest BCUT2D eigenvalue weighted by molar-refractivity contribution is 7.87. The Morgan fingerprint density at radius 1 is 1.14 bits per heavy atom. The highest BCUT2D eigenvalue weighted by Gasteiger charge is 2.18. The van der Waals surface area contributed by atoms with Gasteiger partial charge in [0.2, 0.25) is 0 Å². The topological polar surface area (TPSA) is 72.9 Å². The average molecular weight is 312 g/mol. The second-order valence-electron chi connectivity index (χ2n) is 5.44. The van der Waals surface area contributed by atoms with Gasteiger partial charge in [0.1, 0.15) is 0 Å². The number of hydrogen-bond acceptors (Lipinski definition) is 5. The predicted molar refractivity (Wildman–Crippen MR) is 84.8 cm³/mol. The monoisotopic (exact) mass is 312 g/mol. The molecule has 1 aliphatic heterocycles. The Kier molecular flexibility index (Phi) is 5.08. The molecule has 0 bridgehead atoms. The van der Waals surface area contributed by atoms with E-state index in [1.54, 1.807) is 12.1 Å². The van der Waals surface area contributed by atoms with Crippen molar-refractivity contribution in [2.75, 3.05) is 36.4 Å².